The van der Waals surface area contributed by atoms with Gasteiger partial charge in [-0.2, -0.15) is 0 Å². The van der Waals surface area contributed by atoms with Crippen LogP contribution in [0.15, 0.2) is 46.2 Å². The molecule has 0 saturated carbocycles. The molecule has 4 heteroatoms. The lowest BCUT2D eigenvalue weighted by molar-refractivity contribution is -0.107. The minimum Gasteiger partial charge on any atom is -0.352 e. The summed E-state index contributed by atoms with van der Waals surface area (Å²) in [6.45, 7) is 2.04. The third-order valence-corrected chi connectivity index (χ3v) is 5.43. The van der Waals surface area contributed by atoms with E-state index in [1.807, 2.05) is 37.3 Å². The van der Waals surface area contributed by atoms with Gasteiger partial charge in [-0.05, 0) is 36.6 Å². The fraction of sp³-hybridized carbons (Fsp3) is 0.294. The molecule has 0 bridgehead atoms. The van der Waals surface area contributed by atoms with E-state index in [4.69, 9.17) is 9.47 Å². The Bertz CT molecular complexity index is 705. The van der Waals surface area contributed by atoms with Gasteiger partial charge in [-0.3, -0.25) is 0 Å². The first-order valence-electron chi connectivity index (χ1n) is 6.84. The van der Waals surface area contributed by atoms with Gasteiger partial charge in [0.15, 0.2) is 6.29 Å². The molecule has 0 amide bonds. The summed E-state index contributed by atoms with van der Waals surface area (Å²) in [7, 11) is 2.01. The second kappa shape index (κ2) is 5.72. The molecule has 1 aliphatic rings. The summed E-state index contributed by atoms with van der Waals surface area (Å²) < 4.78 is 23.7. The number of rotatable bonds is 3. The number of ether oxygens (including phenoxy) is 2. The Labute approximate surface area is 127 Å². The molecule has 1 aliphatic heterocycles. The van der Waals surface area contributed by atoms with Crippen molar-refractivity contribution < 1.29 is 13.7 Å². The molecule has 0 radical (unpaired) electrons. The van der Waals surface area contributed by atoms with E-state index in [-0.39, 0.29) is 0 Å². The highest BCUT2D eigenvalue weighted by molar-refractivity contribution is 7.85. The summed E-state index contributed by atoms with van der Waals surface area (Å²) >= 11 is 0. The van der Waals surface area contributed by atoms with Crippen LogP contribution in [0.2, 0.25) is 0 Å². The molecule has 2 aromatic carbocycles. The molecular weight excluding hydrogens is 284 g/mol. The van der Waals surface area contributed by atoms with Gasteiger partial charge in [-0.15, -0.1) is 0 Å². The van der Waals surface area contributed by atoms with E-state index in [9.17, 15) is 4.21 Å². The minimum atomic E-state index is -1.19. The fourth-order valence-corrected chi connectivity index (χ4v) is 4.45. The zero-order valence-electron chi connectivity index (χ0n) is 12.4. The molecule has 0 N–H and O–H groups in total. The molecule has 1 heterocycles. The average Bonchev–Trinajstić information content (AvgIpc) is 2.48. The Hall–Kier alpha value is -1.49. The van der Waals surface area contributed by atoms with Crippen molar-refractivity contribution in [2.75, 3.05) is 14.2 Å². The maximum atomic E-state index is 13.0. The van der Waals surface area contributed by atoms with Gasteiger partial charge in [0.25, 0.3) is 0 Å². The topological polar surface area (TPSA) is 35.5 Å². The van der Waals surface area contributed by atoms with Gasteiger partial charge in [-0.25, -0.2) is 4.21 Å². The van der Waals surface area contributed by atoms with Gasteiger partial charge in [0.2, 0.25) is 0 Å². The largest absolute Gasteiger partial charge is 0.352 e. The third-order valence-electron chi connectivity index (χ3n) is 3.76. The lowest BCUT2D eigenvalue weighted by Crippen LogP contribution is -2.16. The van der Waals surface area contributed by atoms with E-state index in [1.165, 1.54) is 0 Å². The van der Waals surface area contributed by atoms with Gasteiger partial charge >= 0.3 is 0 Å². The molecule has 2 aromatic rings. The van der Waals surface area contributed by atoms with Gasteiger partial charge in [0, 0.05) is 24.7 Å². The highest BCUT2D eigenvalue weighted by Gasteiger charge is 2.28. The molecule has 1 unspecified atom stereocenters. The molecule has 21 heavy (non-hydrogen) atoms. The lowest BCUT2D eigenvalue weighted by atomic mass is 9.99. The normalized spacial score (nSPS) is 16.7. The van der Waals surface area contributed by atoms with Crippen LogP contribution in [0.5, 0.6) is 0 Å². The minimum absolute atomic E-state index is 0.493. The first kappa shape index (κ1) is 14.4. The van der Waals surface area contributed by atoms with Gasteiger partial charge in [0.05, 0.1) is 15.7 Å². The van der Waals surface area contributed by atoms with E-state index < -0.39 is 17.1 Å². The standard InChI is InChI=1S/C17H18O3S/c1-11-8-13-10-12-6-4-5-7-15(12)21(18)16(13)14(9-11)17(19-2)20-3/h4-9,17H,10H2,1-3H3. The van der Waals surface area contributed by atoms with Crippen LogP contribution in [0.3, 0.4) is 0 Å². The van der Waals surface area contributed by atoms with Crippen LogP contribution in [-0.4, -0.2) is 18.4 Å². The Morgan fingerprint density at radius 2 is 1.81 bits per heavy atom. The van der Waals surface area contributed by atoms with Crippen LogP contribution >= 0.6 is 0 Å². The molecule has 0 saturated heterocycles. The second-order valence-corrected chi connectivity index (χ2v) is 6.58. The third kappa shape index (κ3) is 2.44. The first-order chi connectivity index (χ1) is 10.2. The van der Waals surface area contributed by atoms with Crippen LogP contribution in [-0.2, 0) is 26.7 Å². The van der Waals surface area contributed by atoms with E-state index in [0.29, 0.717) is 0 Å². The molecule has 0 spiro atoms. The van der Waals surface area contributed by atoms with Crippen molar-refractivity contribution in [1.82, 2.24) is 0 Å². The number of hydrogen-bond donors (Lipinski definition) is 0. The van der Waals surface area contributed by atoms with Crippen molar-refractivity contribution in [1.29, 1.82) is 0 Å². The van der Waals surface area contributed by atoms with Crippen LogP contribution in [0.1, 0.15) is 28.5 Å². The molecule has 3 nitrogen and oxygen atoms in total. The summed E-state index contributed by atoms with van der Waals surface area (Å²) in [5.74, 6) is 0. The van der Waals surface area contributed by atoms with E-state index in [0.717, 1.165) is 38.5 Å². The highest BCUT2D eigenvalue weighted by Crippen LogP contribution is 2.37. The Balaban J connectivity index is 2.21. The predicted octanol–water partition coefficient (Wildman–Crippen LogP) is 3.36. The lowest BCUT2D eigenvalue weighted by Gasteiger charge is -2.25. The zero-order chi connectivity index (χ0) is 15.0. The van der Waals surface area contributed by atoms with E-state index >= 15 is 0 Å². The maximum absolute atomic E-state index is 13.0. The zero-order valence-corrected chi connectivity index (χ0v) is 13.2. The van der Waals surface area contributed by atoms with Crippen molar-refractivity contribution in [3.05, 3.63) is 58.7 Å². The predicted molar refractivity (Wildman–Crippen MR) is 81.9 cm³/mol. The Morgan fingerprint density at radius 1 is 1.10 bits per heavy atom. The molecular formula is C17H18O3S. The van der Waals surface area contributed by atoms with Crippen molar-refractivity contribution in [2.45, 2.75) is 29.4 Å². The number of benzene rings is 2. The molecule has 0 fully saturated rings. The average molecular weight is 302 g/mol. The summed E-state index contributed by atoms with van der Waals surface area (Å²) in [6, 6.07) is 12.0. The SMILES string of the molecule is COC(OC)c1cc(C)cc2c1S(=O)c1ccccc1C2. The molecule has 0 aromatic heterocycles. The van der Waals surface area contributed by atoms with Crippen LogP contribution in [0.25, 0.3) is 0 Å². The molecule has 110 valence electrons. The monoisotopic (exact) mass is 302 g/mol. The first-order valence-corrected chi connectivity index (χ1v) is 7.99. The number of aryl methyl sites for hydroxylation is 1. The quantitative estimate of drug-likeness (QED) is 0.696. The van der Waals surface area contributed by atoms with Gasteiger partial charge in [-0.1, -0.05) is 29.8 Å². The van der Waals surface area contributed by atoms with Crippen LogP contribution in [0.4, 0.5) is 0 Å². The van der Waals surface area contributed by atoms with E-state index in [2.05, 4.69) is 6.07 Å². The maximum Gasteiger partial charge on any atom is 0.184 e. The van der Waals surface area contributed by atoms with Crippen LogP contribution < -0.4 is 0 Å². The summed E-state index contributed by atoms with van der Waals surface area (Å²) in [4.78, 5) is 1.73. The smallest absolute Gasteiger partial charge is 0.184 e. The number of methoxy groups -OCH3 is 2. The highest BCUT2D eigenvalue weighted by atomic mass is 32.2. The Kier molecular flexibility index (Phi) is 3.93. The van der Waals surface area contributed by atoms with Crippen molar-refractivity contribution >= 4 is 10.8 Å². The van der Waals surface area contributed by atoms with Crippen molar-refractivity contribution in [2.24, 2.45) is 0 Å². The molecule has 1 atom stereocenters. The molecule has 0 aliphatic carbocycles. The second-order valence-electron chi connectivity index (χ2n) is 5.20. The molecule has 3 rings (SSSR count). The van der Waals surface area contributed by atoms with E-state index in [1.54, 1.807) is 14.2 Å². The summed E-state index contributed by atoms with van der Waals surface area (Å²) in [6.07, 6.45) is 0.305. The Morgan fingerprint density at radius 3 is 2.52 bits per heavy atom. The summed E-state index contributed by atoms with van der Waals surface area (Å²) in [5.41, 5.74) is 4.22. The number of fused-ring (bicyclic) bond motifs is 2. The van der Waals surface area contributed by atoms with Gasteiger partial charge < -0.3 is 9.47 Å². The van der Waals surface area contributed by atoms with Gasteiger partial charge in [0.1, 0.15) is 0 Å². The fourth-order valence-electron chi connectivity index (χ4n) is 2.91. The van der Waals surface area contributed by atoms with Crippen LogP contribution in [0, 0.1) is 6.92 Å². The van der Waals surface area contributed by atoms with Crippen molar-refractivity contribution in [3.8, 4) is 0 Å². The number of hydrogen-bond acceptors (Lipinski definition) is 3. The summed E-state index contributed by atoms with van der Waals surface area (Å²) in [5, 5.41) is 0. The van der Waals surface area contributed by atoms with Crippen molar-refractivity contribution in [3.63, 3.8) is 0 Å².